The molecule has 0 fully saturated rings. The number of carbonyl (C=O) groups is 1. The second-order valence-corrected chi connectivity index (χ2v) is 6.69. The van der Waals surface area contributed by atoms with E-state index in [0.717, 1.165) is 10.2 Å². The zero-order chi connectivity index (χ0) is 15.1. The van der Waals surface area contributed by atoms with Gasteiger partial charge >= 0.3 is 0 Å². The van der Waals surface area contributed by atoms with Crippen molar-refractivity contribution >= 4 is 27.5 Å². The van der Waals surface area contributed by atoms with E-state index in [9.17, 15) is 4.79 Å². The first-order chi connectivity index (χ1) is 9.95. The van der Waals surface area contributed by atoms with E-state index in [2.05, 4.69) is 72.3 Å². The predicted molar refractivity (Wildman–Crippen MR) is 89.9 cm³/mol. The summed E-state index contributed by atoms with van der Waals surface area (Å²) in [4.78, 5) is 12.0. The van der Waals surface area contributed by atoms with Crippen LogP contribution in [0.1, 0.15) is 40.2 Å². The second-order valence-electron chi connectivity index (χ2n) is 5.84. The van der Waals surface area contributed by atoms with Crippen LogP contribution >= 0.6 is 15.9 Å². The van der Waals surface area contributed by atoms with Gasteiger partial charge in [-0.25, -0.2) is 0 Å². The van der Waals surface area contributed by atoms with Gasteiger partial charge in [-0.15, -0.1) is 0 Å². The summed E-state index contributed by atoms with van der Waals surface area (Å²) in [5.41, 5.74) is 7.04. The van der Waals surface area contributed by atoms with Crippen molar-refractivity contribution in [2.75, 3.05) is 5.32 Å². The average Bonchev–Trinajstić information content (AvgIpc) is 2.43. The van der Waals surface area contributed by atoms with E-state index in [1.165, 1.54) is 27.8 Å². The molecular formula is C18H18BrNO. The fraction of sp³-hybridized carbons (Fsp3) is 0.278. The van der Waals surface area contributed by atoms with Crippen LogP contribution in [0.2, 0.25) is 0 Å². The Morgan fingerprint density at radius 2 is 1.76 bits per heavy atom. The number of hydrogen-bond acceptors (Lipinski definition) is 1. The third kappa shape index (κ3) is 2.62. The van der Waals surface area contributed by atoms with Gasteiger partial charge in [0, 0.05) is 22.5 Å². The Bertz CT molecular complexity index is 736. The van der Waals surface area contributed by atoms with E-state index in [1.807, 2.05) is 0 Å². The van der Waals surface area contributed by atoms with Gasteiger partial charge in [-0.05, 0) is 60.7 Å². The molecule has 1 atom stereocenters. The molecule has 21 heavy (non-hydrogen) atoms. The van der Waals surface area contributed by atoms with Gasteiger partial charge in [0.05, 0.1) is 0 Å². The topological polar surface area (TPSA) is 29.1 Å². The highest BCUT2D eigenvalue weighted by Gasteiger charge is 2.27. The van der Waals surface area contributed by atoms with Crippen molar-refractivity contribution in [1.29, 1.82) is 0 Å². The number of benzene rings is 2. The minimum absolute atomic E-state index is 0.0902. The molecule has 2 nitrogen and oxygen atoms in total. The molecule has 0 saturated heterocycles. The number of rotatable bonds is 1. The van der Waals surface area contributed by atoms with Crippen LogP contribution in [-0.2, 0) is 4.79 Å². The summed E-state index contributed by atoms with van der Waals surface area (Å²) in [5.74, 6) is 0.220. The fourth-order valence-electron chi connectivity index (χ4n) is 2.85. The van der Waals surface area contributed by atoms with Crippen LogP contribution < -0.4 is 5.32 Å². The summed E-state index contributed by atoms with van der Waals surface area (Å²) in [7, 11) is 0. The first kappa shape index (κ1) is 14.3. The maximum atomic E-state index is 12.0. The first-order valence-electron chi connectivity index (χ1n) is 7.12. The van der Waals surface area contributed by atoms with Crippen molar-refractivity contribution in [2.24, 2.45) is 0 Å². The molecule has 1 N–H and O–H groups in total. The maximum absolute atomic E-state index is 12.0. The van der Waals surface area contributed by atoms with E-state index in [0.29, 0.717) is 6.42 Å². The van der Waals surface area contributed by atoms with Gasteiger partial charge in [0.1, 0.15) is 0 Å². The molecule has 0 unspecified atom stereocenters. The summed E-state index contributed by atoms with van der Waals surface area (Å²) in [6.45, 7) is 6.27. The van der Waals surface area contributed by atoms with Gasteiger partial charge in [-0.1, -0.05) is 34.1 Å². The number of hydrogen-bond donors (Lipinski definition) is 1. The molecule has 108 valence electrons. The Balaban J connectivity index is 2.14. The largest absolute Gasteiger partial charge is 0.326 e. The van der Waals surface area contributed by atoms with Crippen LogP contribution in [0.3, 0.4) is 0 Å². The molecule has 0 bridgehead atoms. The second kappa shape index (κ2) is 5.30. The van der Waals surface area contributed by atoms with E-state index < -0.39 is 0 Å². The number of nitrogens with one attached hydrogen (secondary N) is 1. The Morgan fingerprint density at radius 3 is 2.48 bits per heavy atom. The van der Waals surface area contributed by atoms with Crippen LogP contribution in [0.4, 0.5) is 5.69 Å². The molecule has 1 amide bonds. The SMILES string of the molecule is Cc1cc2c(cc1C)[C@H](c1ccc(C)c(Br)c1)CC(=O)N2. The highest BCUT2D eigenvalue weighted by molar-refractivity contribution is 9.10. The van der Waals surface area contributed by atoms with Gasteiger partial charge in [-0.3, -0.25) is 4.79 Å². The van der Waals surface area contributed by atoms with Crippen LogP contribution in [-0.4, -0.2) is 5.91 Å². The molecule has 1 aliphatic rings. The molecule has 1 aliphatic heterocycles. The Morgan fingerprint density at radius 1 is 1.05 bits per heavy atom. The van der Waals surface area contributed by atoms with Crippen LogP contribution in [0.15, 0.2) is 34.8 Å². The smallest absolute Gasteiger partial charge is 0.225 e. The molecule has 2 aromatic rings. The molecular weight excluding hydrogens is 326 g/mol. The number of halogens is 1. The summed E-state index contributed by atoms with van der Waals surface area (Å²) in [6, 6.07) is 10.7. The van der Waals surface area contributed by atoms with E-state index in [1.54, 1.807) is 0 Å². The summed E-state index contributed by atoms with van der Waals surface area (Å²) >= 11 is 3.59. The molecule has 2 aromatic carbocycles. The quantitative estimate of drug-likeness (QED) is 0.787. The van der Waals surface area contributed by atoms with Crippen LogP contribution in [0.5, 0.6) is 0 Å². The van der Waals surface area contributed by atoms with Crippen molar-refractivity contribution in [2.45, 2.75) is 33.1 Å². The number of fused-ring (bicyclic) bond motifs is 1. The average molecular weight is 344 g/mol. The van der Waals surface area contributed by atoms with Crippen molar-refractivity contribution in [3.63, 3.8) is 0 Å². The van der Waals surface area contributed by atoms with Crippen LogP contribution in [0.25, 0.3) is 0 Å². The van der Waals surface area contributed by atoms with Gasteiger partial charge in [0.2, 0.25) is 5.91 Å². The summed E-state index contributed by atoms with van der Waals surface area (Å²) in [6.07, 6.45) is 0.505. The molecule has 0 radical (unpaired) electrons. The Kier molecular flexibility index (Phi) is 3.62. The van der Waals surface area contributed by atoms with Gasteiger partial charge in [0.15, 0.2) is 0 Å². The lowest BCUT2D eigenvalue weighted by Gasteiger charge is -2.27. The molecule has 3 rings (SSSR count). The molecule has 0 aliphatic carbocycles. The minimum atomic E-state index is 0.0902. The van der Waals surface area contributed by atoms with Gasteiger partial charge in [0.25, 0.3) is 0 Å². The van der Waals surface area contributed by atoms with Crippen molar-refractivity contribution in [1.82, 2.24) is 0 Å². The standard InChI is InChI=1S/C18H18BrNO/c1-10-4-5-13(8-16(10)19)14-9-18(21)20-17-7-12(3)11(2)6-15(14)17/h4-8,14H,9H2,1-3H3,(H,20,21)/t14-/m0/s1. The molecule has 0 spiro atoms. The number of amides is 1. The van der Waals surface area contributed by atoms with Crippen molar-refractivity contribution in [3.05, 3.63) is 62.6 Å². The summed E-state index contributed by atoms with van der Waals surface area (Å²) in [5, 5.41) is 3.00. The third-order valence-electron chi connectivity index (χ3n) is 4.30. The zero-order valence-corrected chi connectivity index (χ0v) is 14.0. The van der Waals surface area contributed by atoms with E-state index in [-0.39, 0.29) is 11.8 Å². The zero-order valence-electron chi connectivity index (χ0n) is 12.5. The lowest BCUT2D eigenvalue weighted by Crippen LogP contribution is -2.23. The van der Waals surface area contributed by atoms with Crippen LogP contribution in [0, 0.1) is 20.8 Å². The van der Waals surface area contributed by atoms with E-state index in [4.69, 9.17) is 0 Å². The Hall–Kier alpha value is -1.61. The highest BCUT2D eigenvalue weighted by Crippen LogP contribution is 2.39. The van der Waals surface area contributed by atoms with E-state index >= 15 is 0 Å². The number of carbonyl (C=O) groups excluding carboxylic acids is 1. The van der Waals surface area contributed by atoms with Gasteiger partial charge < -0.3 is 5.32 Å². The third-order valence-corrected chi connectivity index (χ3v) is 5.16. The first-order valence-corrected chi connectivity index (χ1v) is 7.92. The summed E-state index contributed by atoms with van der Waals surface area (Å²) < 4.78 is 1.09. The molecule has 0 aromatic heterocycles. The maximum Gasteiger partial charge on any atom is 0.225 e. The predicted octanol–water partition coefficient (Wildman–Crippen LogP) is 4.85. The molecule has 3 heteroatoms. The minimum Gasteiger partial charge on any atom is -0.326 e. The van der Waals surface area contributed by atoms with Crippen molar-refractivity contribution < 1.29 is 4.79 Å². The lowest BCUT2D eigenvalue weighted by atomic mass is 9.83. The highest BCUT2D eigenvalue weighted by atomic mass is 79.9. The monoisotopic (exact) mass is 343 g/mol. The number of anilines is 1. The van der Waals surface area contributed by atoms with Gasteiger partial charge in [-0.2, -0.15) is 0 Å². The lowest BCUT2D eigenvalue weighted by molar-refractivity contribution is -0.116. The number of aryl methyl sites for hydroxylation is 3. The molecule has 1 heterocycles. The fourth-order valence-corrected chi connectivity index (χ4v) is 3.25. The molecule has 0 saturated carbocycles. The normalized spacial score (nSPS) is 17.3. The Labute approximate surface area is 133 Å². The van der Waals surface area contributed by atoms with Crippen molar-refractivity contribution in [3.8, 4) is 0 Å².